The maximum absolute atomic E-state index is 13.7. The number of fused-ring (bicyclic) bond motifs is 1. The summed E-state index contributed by atoms with van der Waals surface area (Å²) in [5.41, 5.74) is 1.87. The van der Waals surface area contributed by atoms with Crippen molar-refractivity contribution in [2.24, 2.45) is 4.99 Å². The quantitative estimate of drug-likeness (QED) is 0.466. The number of halogens is 1. The van der Waals surface area contributed by atoms with Crippen LogP contribution in [0.3, 0.4) is 0 Å². The zero-order valence-electron chi connectivity index (χ0n) is 19.5. The van der Waals surface area contributed by atoms with Crippen LogP contribution in [-0.2, 0) is 9.53 Å². The van der Waals surface area contributed by atoms with E-state index >= 15 is 0 Å². The number of benzene rings is 2. The van der Waals surface area contributed by atoms with E-state index in [1.807, 2.05) is 12.1 Å². The molecule has 35 heavy (non-hydrogen) atoms. The summed E-state index contributed by atoms with van der Waals surface area (Å²) in [6, 6.07) is 9.50. The average Bonchev–Trinajstić information content (AvgIpc) is 3.13. The molecular formula is C25H23BrN2O6S. The third kappa shape index (κ3) is 4.63. The topological polar surface area (TPSA) is 99.4 Å². The normalized spacial score (nSPS) is 15.5. The zero-order chi connectivity index (χ0) is 25.3. The summed E-state index contributed by atoms with van der Waals surface area (Å²) in [6.45, 7) is 3.66. The SMILES string of the molecule is CCOC(=O)C1=C(C)N=c2s/c(=C/c3ccc(O)c(OC)c3)c(=O)n2[C@@H]1c1ccc(OC)c(Br)c1. The van der Waals surface area contributed by atoms with Crippen molar-refractivity contribution in [3.8, 4) is 17.2 Å². The van der Waals surface area contributed by atoms with Crippen LogP contribution in [0.25, 0.3) is 6.08 Å². The van der Waals surface area contributed by atoms with Gasteiger partial charge in [0.2, 0.25) is 0 Å². The van der Waals surface area contributed by atoms with Crippen molar-refractivity contribution in [1.82, 2.24) is 4.57 Å². The van der Waals surface area contributed by atoms with Crippen molar-refractivity contribution < 1.29 is 24.1 Å². The van der Waals surface area contributed by atoms with Gasteiger partial charge in [-0.2, -0.15) is 0 Å². The highest BCUT2D eigenvalue weighted by Crippen LogP contribution is 2.35. The van der Waals surface area contributed by atoms with Gasteiger partial charge >= 0.3 is 5.97 Å². The summed E-state index contributed by atoms with van der Waals surface area (Å²) in [5.74, 6) is 0.405. The Kier molecular flexibility index (Phi) is 7.13. The number of carbonyl (C=O) groups is 1. The number of phenolic OH excluding ortho intramolecular Hbond substituents is 1. The summed E-state index contributed by atoms with van der Waals surface area (Å²) in [6.07, 6.45) is 1.70. The lowest BCUT2D eigenvalue weighted by atomic mass is 9.96. The van der Waals surface area contributed by atoms with Gasteiger partial charge in [0, 0.05) is 0 Å². The molecule has 0 unspecified atom stereocenters. The Morgan fingerprint density at radius 3 is 2.60 bits per heavy atom. The highest BCUT2D eigenvalue weighted by Gasteiger charge is 2.33. The Hall–Kier alpha value is -3.37. The van der Waals surface area contributed by atoms with Crippen molar-refractivity contribution in [2.45, 2.75) is 19.9 Å². The van der Waals surface area contributed by atoms with Gasteiger partial charge in [-0.25, -0.2) is 9.79 Å². The monoisotopic (exact) mass is 558 g/mol. The predicted octanol–water partition coefficient (Wildman–Crippen LogP) is 3.28. The highest BCUT2D eigenvalue weighted by molar-refractivity contribution is 9.10. The molecule has 0 saturated heterocycles. The average molecular weight is 559 g/mol. The minimum atomic E-state index is -0.732. The standard InChI is InChI=1S/C25H23BrN2O6S/c1-5-34-24(31)21-13(2)27-25-28(22(21)15-7-9-18(32-3)16(26)12-15)23(30)20(35-25)11-14-6-8-17(29)19(10-14)33-4/h6-12,22,29H,5H2,1-4H3/b20-11+/t22-/m1/s1. The predicted molar refractivity (Wildman–Crippen MR) is 136 cm³/mol. The number of esters is 1. The molecule has 1 N–H and O–H groups in total. The smallest absolute Gasteiger partial charge is 0.338 e. The summed E-state index contributed by atoms with van der Waals surface area (Å²) >= 11 is 4.72. The molecule has 3 aromatic rings. The van der Waals surface area contributed by atoms with Gasteiger partial charge in [-0.3, -0.25) is 9.36 Å². The molecule has 1 aliphatic rings. The summed E-state index contributed by atoms with van der Waals surface area (Å²) in [4.78, 5) is 31.7. The molecule has 0 spiro atoms. The van der Waals surface area contributed by atoms with Gasteiger partial charge in [0.15, 0.2) is 16.3 Å². The summed E-state index contributed by atoms with van der Waals surface area (Å²) < 4.78 is 18.5. The third-order valence-corrected chi connectivity index (χ3v) is 7.11. The van der Waals surface area contributed by atoms with E-state index in [2.05, 4.69) is 20.9 Å². The first kappa shape index (κ1) is 24.7. The molecule has 182 valence electrons. The third-order valence-electron chi connectivity index (χ3n) is 5.51. The molecule has 0 amide bonds. The number of methoxy groups -OCH3 is 2. The van der Waals surface area contributed by atoms with Crippen LogP contribution in [0.15, 0.2) is 61.9 Å². The van der Waals surface area contributed by atoms with Gasteiger partial charge < -0.3 is 19.3 Å². The fourth-order valence-corrected chi connectivity index (χ4v) is 5.50. The van der Waals surface area contributed by atoms with Crippen LogP contribution >= 0.6 is 27.3 Å². The molecule has 0 aliphatic carbocycles. The molecule has 1 aliphatic heterocycles. The van der Waals surface area contributed by atoms with Crippen molar-refractivity contribution in [1.29, 1.82) is 0 Å². The van der Waals surface area contributed by atoms with E-state index in [0.29, 0.717) is 47.7 Å². The lowest BCUT2D eigenvalue weighted by Crippen LogP contribution is -2.39. The molecule has 0 bridgehead atoms. The van der Waals surface area contributed by atoms with Crippen molar-refractivity contribution in [3.05, 3.63) is 83.0 Å². The van der Waals surface area contributed by atoms with Crippen LogP contribution in [-0.4, -0.2) is 36.5 Å². The van der Waals surface area contributed by atoms with E-state index in [4.69, 9.17) is 14.2 Å². The first-order chi connectivity index (χ1) is 16.8. The molecule has 2 aromatic carbocycles. The second-order valence-corrected chi connectivity index (χ2v) is 9.49. The van der Waals surface area contributed by atoms with Crippen LogP contribution in [0.2, 0.25) is 0 Å². The van der Waals surface area contributed by atoms with Crippen LogP contribution in [0, 0.1) is 0 Å². The Morgan fingerprint density at radius 1 is 1.20 bits per heavy atom. The minimum Gasteiger partial charge on any atom is -0.504 e. The van der Waals surface area contributed by atoms with Crippen molar-refractivity contribution in [3.63, 3.8) is 0 Å². The zero-order valence-corrected chi connectivity index (χ0v) is 21.9. The fraction of sp³-hybridized carbons (Fsp3) is 0.240. The second kappa shape index (κ2) is 10.1. The number of hydrogen-bond acceptors (Lipinski definition) is 8. The Bertz CT molecular complexity index is 1520. The number of rotatable bonds is 6. The summed E-state index contributed by atoms with van der Waals surface area (Å²) in [7, 11) is 3.02. The van der Waals surface area contributed by atoms with Crippen LogP contribution < -0.4 is 24.4 Å². The first-order valence-electron chi connectivity index (χ1n) is 10.7. The number of aromatic hydroxyl groups is 1. The number of ether oxygens (including phenoxy) is 3. The molecule has 4 rings (SSSR count). The van der Waals surface area contributed by atoms with E-state index in [1.54, 1.807) is 45.2 Å². The van der Waals surface area contributed by atoms with E-state index in [0.717, 1.165) is 0 Å². The lowest BCUT2D eigenvalue weighted by molar-refractivity contribution is -0.139. The molecule has 2 heterocycles. The van der Waals surface area contributed by atoms with E-state index in [1.165, 1.54) is 29.1 Å². The molecule has 1 aromatic heterocycles. The number of allylic oxidation sites excluding steroid dienone is 1. The van der Waals surface area contributed by atoms with Gasteiger partial charge in [0.1, 0.15) is 5.75 Å². The van der Waals surface area contributed by atoms with E-state index in [9.17, 15) is 14.7 Å². The van der Waals surface area contributed by atoms with Gasteiger partial charge in [-0.05, 0) is 71.2 Å². The molecule has 1 atom stereocenters. The first-order valence-corrected chi connectivity index (χ1v) is 12.3. The van der Waals surface area contributed by atoms with Crippen molar-refractivity contribution in [2.75, 3.05) is 20.8 Å². The number of hydrogen-bond donors (Lipinski definition) is 1. The van der Waals surface area contributed by atoms with Crippen LogP contribution in [0.1, 0.15) is 31.0 Å². The summed E-state index contributed by atoms with van der Waals surface area (Å²) in [5, 5.41) is 9.88. The minimum absolute atomic E-state index is 0.00546. The van der Waals surface area contributed by atoms with E-state index < -0.39 is 12.0 Å². The van der Waals surface area contributed by atoms with Crippen molar-refractivity contribution >= 4 is 39.3 Å². The van der Waals surface area contributed by atoms with Gasteiger partial charge in [-0.15, -0.1) is 0 Å². The highest BCUT2D eigenvalue weighted by atomic mass is 79.9. The molecule has 0 saturated carbocycles. The second-order valence-electron chi connectivity index (χ2n) is 7.63. The van der Waals surface area contributed by atoms with Gasteiger partial charge in [0.25, 0.3) is 5.56 Å². The molecule has 0 radical (unpaired) electrons. The molecule has 0 fully saturated rings. The molecular weight excluding hydrogens is 536 g/mol. The molecule has 10 heteroatoms. The number of aromatic nitrogens is 1. The fourth-order valence-electron chi connectivity index (χ4n) is 3.90. The van der Waals surface area contributed by atoms with Gasteiger partial charge in [0.05, 0.1) is 47.1 Å². The Labute approximate surface area is 213 Å². The Morgan fingerprint density at radius 2 is 1.94 bits per heavy atom. The largest absolute Gasteiger partial charge is 0.504 e. The number of phenols is 1. The number of nitrogens with zero attached hydrogens (tertiary/aromatic N) is 2. The number of carbonyl (C=O) groups excluding carboxylic acids is 1. The van der Waals surface area contributed by atoms with E-state index in [-0.39, 0.29) is 17.9 Å². The lowest BCUT2D eigenvalue weighted by Gasteiger charge is -2.25. The maximum Gasteiger partial charge on any atom is 0.338 e. The van der Waals surface area contributed by atoms with Crippen LogP contribution in [0.4, 0.5) is 0 Å². The maximum atomic E-state index is 13.7. The Balaban J connectivity index is 1.95. The number of thiazole rings is 1. The van der Waals surface area contributed by atoms with Crippen LogP contribution in [0.5, 0.6) is 17.2 Å². The van der Waals surface area contributed by atoms with Gasteiger partial charge in [-0.1, -0.05) is 23.5 Å². The molecule has 8 nitrogen and oxygen atoms in total.